The lowest BCUT2D eigenvalue weighted by atomic mass is 10.0. The Hall–Kier alpha value is -1.79. The zero-order chi connectivity index (χ0) is 10.0. The van der Waals surface area contributed by atoms with Crippen molar-refractivity contribution in [3.63, 3.8) is 0 Å². The minimum absolute atomic E-state index is 0.0937. The molecular formula is C6H10N4O3. The van der Waals surface area contributed by atoms with Crippen LogP contribution in [0.2, 0.25) is 0 Å². The minimum Gasteiger partial charge on any atom is -0.368 e. The van der Waals surface area contributed by atoms with Gasteiger partial charge in [0.1, 0.15) is 12.1 Å². The number of carbonyl (C=O) groups excluding carboxylic acids is 3. The first kappa shape index (κ1) is 9.30. The molecule has 6 N–H and O–H groups in total. The van der Waals surface area contributed by atoms with Crippen LogP contribution < -0.4 is 22.1 Å². The second kappa shape index (κ2) is 3.30. The molecule has 0 aliphatic carbocycles. The number of urea groups is 1. The maximum absolute atomic E-state index is 10.9. The predicted octanol–water partition coefficient (Wildman–Crippen LogP) is -2.60. The van der Waals surface area contributed by atoms with Crippen molar-refractivity contribution in [2.75, 3.05) is 0 Å². The molecule has 0 spiro atoms. The van der Waals surface area contributed by atoms with Crippen LogP contribution in [0, 0.1) is 0 Å². The van der Waals surface area contributed by atoms with E-state index in [2.05, 4.69) is 10.6 Å². The van der Waals surface area contributed by atoms with Gasteiger partial charge >= 0.3 is 6.03 Å². The lowest BCUT2D eigenvalue weighted by Gasteiger charge is -2.27. The van der Waals surface area contributed by atoms with Crippen molar-refractivity contribution in [3.05, 3.63) is 0 Å². The number of hydrogen-bond acceptors (Lipinski definition) is 3. The standard InChI is InChI=1S/C6H10N4O3/c7-4(11)2-1-3(5(8)12)10-6(13)9-2/h2-3H,1H2,(H2,7,11)(H2,8,12)(H2,9,10,13)/t2-,3?/m1/s1. The second-order valence-corrected chi connectivity index (χ2v) is 2.76. The fourth-order valence-corrected chi connectivity index (χ4v) is 1.09. The fourth-order valence-electron chi connectivity index (χ4n) is 1.09. The average molecular weight is 186 g/mol. The van der Waals surface area contributed by atoms with Crippen LogP contribution in [0.3, 0.4) is 0 Å². The van der Waals surface area contributed by atoms with Crippen molar-refractivity contribution in [1.82, 2.24) is 10.6 Å². The van der Waals surface area contributed by atoms with E-state index < -0.39 is 29.9 Å². The van der Waals surface area contributed by atoms with Crippen molar-refractivity contribution >= 4 is 17.8 Å². The second-order valence-electron chi connectivity index (χ2n) is 2.76. The van der Waals surface area contributed by atoms with E-state index in [9.17, 15) is 14.4 Å². The molecule has 0 saturated carbocycles. The van der Waals surface area contributed by atoms with Gasteiger partial charge in [0.25, 0.3) is 0 Å². The molecule has 1 aliphatic heterocycles. The summed E-state index contributed by atoms with van der Waals surface area (Å²) in [6.45, 7) is 0. The molecular weight excluding hydrogens is 176 g/mol. The summed E-state index contributed by atoms with van der Waals surface area (Å²) in [5.74, 6) is -1.36. The summed E-state index contributed by atoms with van der Waals surface area (Å²) in [5.41, 5.74) is 9.92. The SMILES string of the molecule is NC(=O)C1C[C@H](C(N)=O)NC(=O)N1. The summed E-state index contributed by atoms with van der Waals surface area (Å²) in [6, 6.07) is -2.27. The van der Waals surface area contributed by atoms with Gasteiger partial charge in [0.2, 0.25) is 11.8 Å². The van der Waals surface area contributed by atoms with Crippen molar-refractivity contribution in [2.45, 2.75) is 18.5 Å². The van der Waals surface area contributed by atoms with Gasteiger partial charge in [0, 0.05) is 6.42 Å². The van der Waals surface area contributed by atoms with Crippen LogP contribution in [0.5, 0.6) is 0 Å². The summed E-state index contributed by atoms with van der Waals surface area (Å²) < 4.78 is 0. The average Bonchev–Trinajstić information content (AvgIpc) is 2.03. The molecule has 0 bridgehead atoms. The van der Waals surface area contributed by atoms with E-state index in [4.69, 9.17) is 11.5 Å². The van der Waals surface area contributed by atoms with Gasteiger partial charge in [0.15, 0.2) is 0 Å². The molecule has 1 unspecified atom stereocenters. The van der Waals surface area contributed by atoms with Gasteiger partial charge in [-0.1, -0.05) is 0 Å². The highest BCUT2D eigenvalue weighted by Crippen LogP contribution is 2.03. The first-order chi connectivity index (χ1) is 6.00. The van der Waals surface area contributed by atoms with E-state index in [1.165, 1.54) is 0 Å². The summed E-state index contributed by atoms with van der Waals surface area (Å²) in [4.78, 5) is 32.2. The van der Waals surface area contributed by atoms with Crippen LogP contribution in [-0.2, 0) is 9.59 Å². The van der Waals surface area contributed by atoms with E-state index in [1.54, 1.807) is 0 Å². The van der Waals surface area contributed by atoms with E-state index in [0.717, 1.165) is 0 Å². The van der Waals surface area contributed by atoms with Crippen LogP contribution in [-0.4, -0.2) is 29.9 Å². The summed E-state index contributed by atoms with van der Waals surface area (Å²) in [7, 11) is 0. The van der Waals surface area contributed by atoms with Crippen molar-refractivity contribution < 1.29 is 14.4 Å². The van der Waals surface area contributed by atoms with Crippen LogP contribution in [0.4, 0.5) is 4.79 Å². The topological polar surface area (TPSA) is 127 Å². The van der Waals surface area contributed by atoms with Gasteiger partial charge in [-0.25, -0.2) is 4.79 Å². The monoisotopic (exact) mass is 186 g/mol. The molecule has 1 heterocycles. The van der Waals surface area contributed by atoms with Crippen LogP contribution in [0.25, 0.3) is 0 Å². The van der Waals surface area contributed by atoms with Crippen LogP contribution >= 0.6 is 0 Å². The summed E-state index contributed by atoms with van der Waals surface area (Å²) >= 11 is 0. The smallest absolute Gasteiger partial charge is 0.316 e. The first-order valence-corrected chi connectivity index (χ1v) is 3.66. The Morgan fingerprint density at radius 3 is 1.85 bits per heavy atom. The maximum atomic E-state index is 10.9. The lowest BCUT2D eigenvalue weighted by molar-refractivity contribution is -0.122. The molecule has 0 aromatic carbocycles. The molecule has 4 amide bonds. The molecule has 1 aliphatic rings. The molecule has 1 saturated heterocycles. The normalized spacial score (nSPS) is 27.2. The highest BCUT2D eigenvalue weighted by Gasteiger charge is 2.31. The van der Waals surface area contributed by atoms with Gasteiger partial charge in [0.05, 0.1) is 0 Å². The summed E-state index contributed by atoms with van der Waals surface area (Å²) in [6.07, 6.45) is 0.0937. The fraction of sp³-hybridized carbons (Fsp3) is 0.500. The van der Waals surface area contributed by atoms with Crippen molar-refractivity contribution in [3.8, 4) is 0 Å². The Bertz CT molecular complexity index is 241. The number of rotatable bonds is 2. The Morgan fingerprint density at radius 1 is 1.15 bits per heavy atom. The molecule has 0 aromatic heterocycles. The maximum Gasteiger partial charge on any atom is 0.316 e. The number of amides is 4. The van der Waals surface area contributed by atoms with E-state index in [1.807, 2.05) is 0 Å². The molecule has 1 rings (SSSR count). The first-order valence-electron chi connectivity index (χ1n) is 3.66. The number of primary amides is 2. The van der Waals surface area contributed by atoms with Crippen LogP contribution in [0.15, 0.2) is 0 Å². The molecule has 7 heteroatoms. The quantitative estimate of drug-likeness (QED) is 0.377. The molecule has 72 valence electrons. The minimum atomic E-state index is -0.828. The zero-order valence-electron chi connectivity index (χ0n) is 6.74. The third-order valence-corrected chi connectivity index (χ3v) is 1.77. The largest absolute Gasteiger partial charge is 0.368 e. The predicted molar refractivity (Wildman–Crippen MR) is 42.2 cm³/mol. The van der Waals surface area contributed by atoms with Gasteiger partial charge in [-0.15, -0.1) is 0 Å². The number of hydrogen-bond donors (Lipinski definition) is 4. The van der Waals surface area contributed by atoms with Gasteiger partial charge in [-0.2, -0.15) is 0 Å². The molecule has 13 heavy (non-hydrogen) atoms. The Morgan fingerprint density at radius 2 is 1.54 bits per heavy atom. The Kier molecular flexibility index (Phi) is 2.36. The Balaban J connectivity index is 2.68. The number of carbonyl (C=O) groups is 3. The highest BCUT2D eigenvalue weighted by atomic mass is 16.2. The number of nitrogens with one attached hydrogen (secondary N) is 2. The molecule has 2 atom stereocenters. The van der Waals surface area contributed by atoms with Crippen molar-refractivity contribution in [1.29, 1.82) is 0 Å². The molecule has 0 radical (unpaired) electrons. The third-order valence-electron chi connectivity index (χ3n) is 1.77. The zero-order valence-corrected chi connectivity index (χ0v) is 6.74. The Labute approximate surface area is 73.8 Å². The highest BCUT2D eigenvalue weighted by molar-refractivity contribution is 5.92. The van der Waals surface area contributed by atoms with E-state index >= 15 is 0 Å². The third kappa shape index (κ3) is 2.08. The molecule has 1 fully saturated rings. The van der Waals surface area contributed by atoms with Crippen molar-refractivity contribution in [2.24, 2.45) is 11.5 Å². The van der Waals surface area contributed by atoms with Gasteiger partial charge in [-0.3, -0.25) is 9.59 Å². The van der Waals surface area contributed by atoms with E-state index in [0.29, 0.717) is 0 Å². The lowest BCUT2D eigenvalue weighted by Crippen LogP contribution is -2.61. The van der Waals surface area contributed by atoms with E-state index in [-0.39, 0.29) is 6.42 Å². The van der Waals surface area contributed by atoms with Gasteiger partial charge in [-0.05, 0) is 0 Å². The van der Waals surface area contributed by atoms with Crippen LogP contribution in [0.1, 0.15) is 6.42 Å². The number of nitrogens with two attached hydrogens (primary N) is 2. The molecule has 0 aromatic rings. The summed E-state index contributed by atoms with van der Waals surface area (Å²) in [5, 5.41) is 4.54. The van der Waals surface area contributed by atoms with Gasteiger partial charge < -0.3 is 22.1 Å². The molecule has 7 nitrogen and oxygen atoms in total.